The number of hydrogen-bond donors (Lipinski definition) is 0. The summed E-state index contributed by atoms with van der Waals surface area (Å²) < 4.78 is 26.3. The fraction of sp³-hybridized carbons (Fsp3) is 0.538. The predicted octanol–water partition coefficient (Wildman–Crippen LogP) is 2.41. The van der Waals surface area contributed by atoms with Crippen molar-refractivity contribution >= 4 is 10.0 Å². The zero-order valence-corrected chi connectivity index (χ0v) is 11.6. The molecule has 3 nitrogen and oxygen atoms in total. The Bertz CT molecular complexity index is 519. The Kier molecular flexibility index (Phi) is 2.83. The summed E-state index contributed by atoms with van der Waals surface area (Å²) in [5.74, 6) is 0.336. The molecule has 1 fully saturated rings. The van der Waals surface area contributed by atoms with Gasteiger partial charge in [0.25, 0.3) is 0 Å². The van der Waals surface area contributed by atoms with E-state index in [1.807, 2.05) is 26.0 Å². The summed E-state index contributed by atoms with van der Waals surface area (Å²) in [6, 6.07) is 7.04. The van der Waals surface area contributed by atoms with Gasteiger partial charge in [-0.3, -0.25) is 0 Å². The van der Waals surface area contributed by atoms with E-state index in [9.17, 15) is 8.42 Å². The van der Waals surface area contributed by atoms with Crippen molar-refractivity contribution < 1.29 is 8.42 Å². The quantitative estimate of drug-likeness (QED) is 0.776. The molecule has 0 bridgehead atoms. The molecule has 0 spiro atoms. The minimum absolute atomic E-state index is 0.205. The number of sulfonamides is 1. The smallest absolute Gasteiger partial charge is 0.207 e. The SMILES string of the molecule is Cc1ccc(S(=O)(=O)N2CC2(C)C(C)C)cc1. The highest BCUT2D eigenvalue weighted by molar-refractivity contribution is 7.89. The van der Waals surface area contributed by atoms with Crippen LogP contribution in [0.1, 0.15) is 26.3 Å². The van der Waals surface area contributed by atoms with Gasteiger partial charge >= 0.3 is 0 Å². The van der Waals surface area contributed by atoms with Crippen molar-refractivity contribution in [2.24, 2.45) is 5.92 Å². The third kappa shape index (κ3) is 2.00. The Hall–Kier alpha value is -0.870. The van der Waals surface area contributed by atoms with Gasteiger partial charge in [0.1, 0.15) is 0 Å². The van der Waals surface area contributed by atoms with Gasteiger partial charge in [-0.2, -0.15) is 4.31 Å². The summed E-state index contributed by atoms with van der Waals surface area (Å²) in [6.45, 7) is 8.70. The molecule has 0 aliphatic carbocycles. The van der Waals surface area contributed by atoms with E-state index in [1.165, 1.54) is 0 Å². The van der Waals surface area contributed by atoms with Crippen LogP contribution in [0.15, 0.2) is 29.2 Å². The molecule has 0 saturated carbocycles. The number of rotatable bonds is 3. The topological polar surface area (TPSA) is 37.1 Å². The maximum Gasteiger partial charge on any atom is 0.243 e. The summed E-state index contributed by atoms with van der Waals surface area (Å²) >= 11 is 0. The van der Waals surface area contributed by atoms with Crippen molar-refractivity contribution in [1.29, 1.82) is 0 Å². The maximum atomic E-state index is 12.4. The number of hydrogen-bond acceptors (Lipinski definition) is 2. The Morgan fingerprint density at radius 2 is 1.76 bits per heavy atom. The number of aryl methyl sites for hydroxylation is 1. The summed E-state index contributed by atoms with van der Waals surface area (Å²) in [4.78, 5) is 0.396. The van der Waals surface area contributed by atoms with E-state index in [1.54, 1.807) is 16.4 Å². The molecule has 1 aliphatic heterocycles. The van der Waals surface area contributed by atoms with Crippen molar-refractivity contribution in [3.05, 3.63) is 29.8 Å². The largest absolute Gasteiger partial charge is 0.243 e. The predicted molar refractivity (Wildman–Crippen MR) is 68.3 cm³/mol. The van der Waals surface area contributed by atoms with Crippen LogP contribution in [-0.2, 0) is 10.0 Å². The molecule has 1 aromatic carbocycles. The molecule has 1 heterocycles. The van der Waals surface area contributed by atoms with E-state index in [0.29, 0.717) is 17.4 Å². The van der Waals surface area contributed by atoms with Crippen molar-refractivity contribution in [3.63, 3.8) is 0 Å². The molecule has 0 aromatic heterocycles. The van der Waals surface area contributed by atoms with Gasteiger partial charge in [-0.05, 0) is 31.9 Å². The Morgan fingerprint density at radius 3 is 2.18 bits per heavy atom. The van der Waals surface area contributed by atoms with Crippen molar-refractivity contribution in [1.82, 2.24) is 4.31 Å². The molecule has 94 valence electrons. The van der Waals surface area contributed by atoms with Crippen LogP contribution in [0.4, 0.5) is 0 Å². The second-order valence-electron chi connectivity index (χ2n) is 5.34. The zero-order valence-electron chi connectivity index (χ0n) is 10.8. The van der Waals surface area contributed by atoms with Gasteiger partial charge in [-0.25, -0.2) is 8.42 Å². The minimum Gasteiger partial charge on any atom is -0.207 e. The van der Waals surface area contributed by atoms with Gasteiger partial charge in [0.05, 0.1) is 4.90 Å². The van der Waals surface area contributed by atoms with Gasteiger partial charge < -0.3 is 0 Å². The lowest BCUT2D eigenvalue weighted by molar-refractivity contribution is 0.419. The second kappa shape index (κ2) is 3.82. The van der Waals surface area contributed by atoms with Gasteiger partial charge in [0.15, 0.2) is 0 Å². The van der Waals surface area contributed by atoms with E-state index < -0.39 is 10.0 Å². The van der Waals surface area contributed by atoms with E-state index in [4.69, 9.17) is 0 Å². The van der Waals surface area contributed by atoms with Gasteiger partial charge in [-0.15, -0.1) is 0 Å². The lowest BCUT2D eigenvalue weighted by atomic mass is 9.99. The summed E-state index contributed by atoms with van der Waals surface area (Å²) in [6.07, 6.45) is 0. The molecule has 2 rings (SSSR count). The van der Waals surface area contributed by atoms with Crippen LogP contribution in [0, 0.1) is 12.8 Å². The van der Waals surface area contributed by atoms with Crippen LogP contribution >= 0.6 is 0 Å². The van der Waals surface area contributed by atoms with Gasteiger partial charge in [-0.1, -0.05) is 31.5 Å². The van der Waals surface area contributed by atoms with Crippen LogP contribution in [-0.4, -0.2) is 24.8 Å². The molecule has 4 heteroatoms. The number of nitrogens with zero attached hydrogens (tertiary/aromatic N) is 1. The Labute approximate surface area is 104 Å². The first-order chi connectivity index (χ1) is 7.78. The van der Waals surface area contributed by atoms with Crippen LogP contribution in [0.3, 0.4) is 0 Å². The molecule has 2 unspecified atom stereocenters. The minimum atomic E-state index is -3.30. The molecule has 1 aliphatic rings. The highest BCUT2D eigenvalue weighted by atomic mass is 32.2. The van der Waals surface area contributed by atoms with E-state index in [2.05, 4.69) is 13.8 Å². The van der Waals surface area contributed by atoms with Crippen molar-refractivity contribution in [2.75, 3.05) is 6.54 Å². The Balaban J connectivity index is 2.31. The fourth-order valence-corrected chi connectivity index (χ4v) is 3.85. The zero-order chi connectivity index (χ0) is 12.8. The first-order valence-corrected chi connectivity index (χ1v) is 7.32. The first-order valence-electron chi connectivity index (χ1n) is 5.88. The molecule has 17 heavy (non-hydrogen) atoms. The first kappa shape index (κ1) is 12.6. The van der Waals surface area contributed by atoms with E-state index >= 15 is 0 Å². The number of benzene rings is 1. The van der Waals surface area contributed by atoms with Crippen LogP contribution in [0.2, 0.25) is 0 Å². The monoisotopic (exact) mass is 253 g/mol. The summed E-state index contributed by atoms with van der Waals surface area (Å²) in [7, 11) is -3.30. The summed E-state index contributed by atoms with van der Waals surface area (Å²) in [5.41, 5.74) is 0.866. The molecule has 0 amide bonds. The van der Waals surface area contributed by atoms with E-state index in [0.717, 1.165) is 5.56 Å². The van der Waals surface area contributed by atoms with E-state index in [-0.39, 0.29) is 5.54 Å². The van der Waals surface area contributed by atoms with Crippen LogP contribution < -0.4 is 0 Å². The van der Waals surface area contributed by atoms with Gasteiger partial charge in [0, 0.05) is 12.1 Å². The molecule has 0 N–H and O–H groups in total. The molecule has 0 radical (unpaired) electrons. The highest BCUT2D eigenvalue weighted by Gasteiger charge is 2.56. The molecule has 1 aromatic rings. The molecule has 1 saturated heterocycles. The van der Waals surface area contributed by atoms with Crippen molar-refractivity contribution in [2.45, 2.75) is 38.1 Å². The third-order valence-corrected chi connectivity index (χ3v) is 5.78. The van der Waals surface area contributed by atoms with Crippen molar-refractivity contribution in [3.8, 4) is 0 Å². The average molecular weight is 253 g/mol. The lowest BCUT2D eigenvalue weighted by Gasteiger charge is -2.16. The normalized spacial score (nSPS) is 28.4. The van der Waals surface area contributed by atoms with Crippen LogP contribution in [0.5, 0.6) is 0 Å². The standard InChI is InChI=1S/C13H19NO2S/c1-10(2)13(4)9-14(13)17(15,16)12-7-5-11(3)6-8-12/h5-8,10H,9H2,1-4H3. The van der Waals surface area contributed by atoms with Gasteiger partial charge in [0.2, 0.25) is 10.0 Å². The molecular formula is C13H19NO2S. The average Bonchev–Trinajstić information content (AvgIpc) is 2.94. The molecular weight excluding hydrogens is 234 g/mol. The summed E-state index contributed by atoms with van der Waals surface area (Å²) in [5, 5.41) is 0. The van der Waals surface area contributed by atoms with Crippen LogP contribution in [0.25, 0.3) is 0 Å². The Morgan fingerprint density at radius 1 is 1.24 bits per heavy atom. The lowest BCUT2D eigenvalue weighted by Crippen LogP contribution is -2.25. The fourth-order valence-electron chi connectivity index (χ4n) is 1.92. The highest BCUT2D eigenvalue weighted by Crippen LogP contribution is 2.43. The second-order valence-corrected chi connectivity index (χ2v) is 7.20. The third-order valence-electron chi connectivity index (χ3n) is 3.78. The maximum absolute atomic E-state index is 12.4. The molecule has 2 atom stereocenters.